The van der Waals surface area contributed by atoms with Crippen LogP contribution in [-0.2, 0) is 0 Å². The Balaban J connectivity index is 1.93. The molecule has 0 aliphatic carbocycles. The van der Waals surface area contributed by atoms with E-state index in [1.165, 1.54) is 24.3 Å². The SMILES string of the molecule is Cc1cc(C(C)Nc2ccccc2C(=O)O)c2oc(-c3cccc(C#N)c3F)c(C)c(=O)c2c1. The zero-order valence-corrected chi connectivity index (χ0v) is 18.8. The maximum absolute atomic E-state index is 14.9. The zero-order valence-electron chi connectivity index (χ0n) is 18.8. The van der Waals surface area contributed by atoms with Crippen molar-refractivity contribution >= 4 is 22.6 Å². The minimum absolute atomic E-state index is 0.0268. The molecule has 0 amide bonds. The number of carboxylic acids is 1. The van der Waals surface area contributed by atoms with Gasteiger partial charge in [-0.15, -0.1) is 0 Å². The van der Waals surface area contributed by atoms with Gasteiger partial charge < -0.3 is 14.8 Å². The summed E-state index contributed by atoms with van der Waals surface area (Å²) in [6.07, 6.45) is 0. The average Bonchev–Trinajstić information content (AvgIpc) is 2.82. The molecule has 0 aliphatic rings. The molecule has 1 atom stereocenters. The third kappa shape index (κ3) is 3.90. The topological polar surface area (TPSA) is 103 Å². The van der Waals surface area contributed by atoms with Crippen molar-refractivity contribution in [3.8, 4) is 17.4 Å². The number of halogens is 1. The van der Waals surface area contributed by atoms with E-state index in [0.717, 1.165) is 5.56 Å². The Kier molecular flexibility index (Phi) is 5.91. The number of para-hydroxylation sites is 1. The summed E-state index contributed by atoms with van der Waals surface area (Å²) in [4.78, 5) is 24.9. The number of fused-ring (bicyclic) bond motifs is 1. The second-order valence-electron chi connectivity index (χ2n) is 8.11. The second kappa shape index (κ2) is 8.83. The number of nitrogens with zero attached hydrogens (tertiary/aromatic N) is 1. The van der Waals surface area contributed by atoms with Gasteiger partial charge in [0.05, 0.1) is 28.1 Å². The minimum atomic E-state index is -1.07. The van der Waals surface area contributed by atoms with E-state index in [2.05, 4.69) is 5.32 Å². The molecular weight excluding hydrogens is 435 g/mol. The molecule has 170 valence electrons. The normalized spacial score (nSPS) is 11.7. The Hall–Kier alpha value is -4.44. The molecule has 0 fully saturated rings. The van der Waals surface area contributed by atoms with Gasteiger partial charge in [-0.3, -0.25) is 4.79 Å². The molecule has 0 saturated heterocycles. The van der Waals surface area contributed by atoms with Crippen molar-refractivity contribution in [3.05, 3.63) is 98.5 Å². The quantitative estimate of drug-likeness (QED) is 0.384. The Labute approximate surface area is 194 Å². The first-order valence-corrected chi connectivity index (χ1v) is 10.6. The summed E-state index contributed by atoms with van der Waals surface area (Å²) < 4.78 is 21.1. The number of anilines is 1. The van der Waals surface area contributed by atoms with Gasteiger partial charge in [-0.1, -0.05) is 24.3 Å². The number of rotatable bonds is 5. The average molecular weight is 456 g/mol. The maximum atomic E-state index is 14.9. The Morgan fingerprint density at radius 1 is 1.15 bits per heavy atom. The van der Waals surface area contributed by atoms with Crippen molar-refractivity contribution in [1.82, 2.24) is 0 Å². The van der Waals surface area contributed by atoms with E-state index in [0.29, 0.717) is 16.6 Å². The molecule has 0 radical (unpaired) electrons. The fourth-order valence-corrected chi connectivity index (χ4v) is 4.05. The zero-order chi connectivity index (χ0) is 24.6. The van der Waals surface area contributed by atoms with E-state index in [1.807, 2.05) is 19.9 Å². The van der Waals surface area contributed by atoms with Gasteiger partial charge in [0.2, 0.25) is 0 Å². The fourth-order valence-electron chi connectivity index (χ4n) is 4.05. The summed E-state index contributed by atoms with van der Waals surface area (Å²) in [7, 11) is 0. The van der Waals surface area contributed by atoms with E-state index >= 15 is 0 Å². The lowest BCUT2D eigenvalue weighted by Gasteiger charge is -2.20. The van der Waals surface area contributed by atoms with Crippen LogP contribution in [0.5, 0.6) is 0 Å². The smallest absolute Gasteiger partial charge is 0.337 e. The number of hydrogen-bond acceptors (Lipinski definition) is 5. The van der Waals surface area contributed by atoms with Crippen LogP contribution in [0.25, 0.3) is 22.3 Å². The van der Waals surface area contributed by atoms with Crippen LogP contribution in [0.3, 0.4) is 0 Å². The molecule has 7 heteroatoms. The Morgan fingerprint density at radius 2 is 1.88 bits per heavy atom. The van der Waals surface area contributed by atoms with Crippen LogP contribution < -0.4 is 10.7 Å². The summed E-state index contributed by atoms with van der Waals surface area (Å²) >= 11 is 0. The molecule has 4 rings (SSSR count). The number of nitrogens with one attached hydrogen (secondary N) is 1. The van der Waals surface area contributed by atoms with Gasteiger partial charge in [0, 0.05) is 16.8 Å². The number of benzene rings is 3. The number of carbonyl (C=O) groups is 1. The van der Waals surface area contributed by atoms with Gasteiger partial charge in [0.1, 0.15) is 17.4 Å². The van der Waals surface area contributed by atoms with Crippen LogP contribution in [-0.4, -0.2) is 11.1 Å². The number of carboxylic acid groups (broad SMARTS) is 1. The van der Waals surface area contributed by atoms with Gasteiger partial charge in [-0.2, -0.15) is 5.26 Å². The molecule has 0 spiro atoms. The lowest BCUT2D eigenvalue weighted by molar-refractivity contribution is 0.0698. The van der Waals surface area contributed by atoms with E-state index in [4.69, 9.17) is 4.42 Å². The molecule has 4 aromatic rings. The standard InChI is InChI=1S/C27H21FN2O4/c1-14-11-20(16(3)30-22-10-5-4-8-18(22)27(32)33)26-21(12-14)24(31)15(2)25(34-26)19-9-6-7-17(13-29)23(19)28/h4-12,16,30H,1-3H3,(H,32,33). The van der Waals surface area contributed by atoms with E-state index in [-0.39, 0.29) is 39.0 Å². The lowest BCUT2D eigenvalue weighted by atomic mass is 9.98. The second-order valence-corrected chi connectivity index (χ2v) is 8.11. The Morgan fingerprint density at radius 3 is 2.59 bits per heavy atom. The van der Waals surface area contributed by atoms with Gasteiger partial charge >= 0.3 is 5.97 Å². The molecule has 3 aromatic carbocycles. The molecule has 6 nitrogen and oxygen atoms in total. The van der Waals surface area contributed by atoms with E-state index < -0.39 is 17.8 Å². The highest BCUT2D eigenvalue weighted by Crippen LogP contribution is 2.34. The van der Waals surface area contributed by atoms with Crippen molar-refractivity contribution in [3.63, 3.8) is 0 Å². The van der Waals surface area contributed by atoms with Gasteiger partial charge in [-0.05, 0) is 56.7 Å². The number of nitriles is 1. The molecule has 1 aromatic heterocycles. The molecular formula is C27H21FN2O4. The molecule has 0 saturated carbocycles. The molecule has 0 bridgehead atoms. The van der Waals surface area contributed by atoms with Crippen LogP contribution in [0, 0.1) is 31.0 Å². The summed E-state index contributed by atoms with van der Waals surface area (Å²) in [5.74, 6) is -1.78. The van der Waals surface area contributed by atoms with Crippen LogP contribution in [0.2, 0.25) is 0 Å². The Bertz CT molecular complexity index is 1550. The number of aryl methyl sites for hydroxylation is 1. The molecule has 0 aliphatic heterocycles. The fraction of sp³-hybridized carbons (Fsp3) is 0.148. The molecule has 1 heterocycles. The molecule has 2 N–H and O–H groups in total. The minimum Gasteiger partial charge on any atom is -0.478 e. The predicted molar refractivity (Wildman–Crippen MR) is 128 cm³/mol. The van der Waals surface area contributed by atoms with Crippen molar-refractivity contribution < 1.29 is 18.7 Å². The van der Waals surface area contributed by atoms with Crippen LogP contribution in [0.1, 0.15) is 45.6 Å². The third-order valence-electron chi connectivity index (χ3n) is 5.75. The highest BCUT2D eigenvalue weighted by Gasteiger charge is 2.22. The number of aromatic carboxylic acids is 1. The highest BCUT2D eigenvalue weighted by molar-refractivity contribution is 5.94. The van der Waals surface area contributed by atoms with Crippen LogP contribution >= 0.6 is 0 Å². The summed E-state index contributed by atoms with van der Waals surface area (Å²) in [6, 6.07) is 15.8. The largest absolute Gasteiger partial charge is 0.478 e. The first kappa shape index (κ1) is 22.7. The summed E-state index contributed by atoms with van der Waals surface area (Å²) in [6.45, 7) is 5.23. The highest BCUT2D eigenvalue weighted by atomic mass is 19.1. The van der Waals surface area contributed by atoms with Gasteiger partial charge in [-0.25, -0.2) is 9.18 Å². The predicted octanol–water partition coefficient (Wildman–Crippen LogP) is 5.96. The molecule has 34 heavy (non-hydrogen) atoms. The van der Waals surface area contributed by atoms with Crippen molar-refractivity contribution in [2.24, 2.45) is 0 Å². The van der Waals surface area contributed by atoms with Crippen molar-refractivity contribution in [1.29, 1.82) is 5.26 Å². The van der Waals surface area contributed by atoms with Crippen LogP contribution in [0.4, 0.5) is 10.1 Å². The van der Waals surface area contributed by atoms with Crippen molar-refractivity contribution in [2.45, 2.75) is 26.8 Å². The third-order valence-corrected chi connectivity index (χ3v) is 5.75. The first-order valence-electron chi connectivity index (χ1n) is 10.6. The summed E-state index contributed by atoms with van der Waals surface area (Å²) in [5, 5.41) is 22.2. The van der Waals surface area contributed by atoms with E-state index in [1.54, 1.807) is 37.3 Å². The number of hydrogen-bond donors (Lipinski definition) is 2. The van der Waals surface area contributed by atoms with Gasteiger partial charge in [0.25, 0.3) is 0 Å². The van der Waals surface area contributed by atoms with Crippen molar-refractivity contribution in [2.75, 3.05) is 5.32 Å². The molecule has 1 unspecified atom stereocenters. The monoisotopic (exact) mass is 456 g/mol. The first-order chi connectivity index (χ1) is 16.2. The maximum Gasteiger partial charge on any atom is 0.337 e. The lowest BCUT2D eigenvalue weighted by Crippen LogP contribution is -2.14. The van der Waals surface area contributed by atoms with Crippen LogP contribution in [0.15, 0.2) is 63.8 Å². The van der Waals surface area contributed by atoms with Gasteiger partial charge in [0.15, 0.2) is 11.2 Å². The van der Waals surface area contributed by atoms with E-state index in [9.17, 15) is 24.3 Å². The summed E-state index contributed by atoms with van der Waals surface area (Å²) in [5.41, 5.74) is 2.04.